The van der Waals surface area contributed by atoms with Gasteiger partial charge in [0.2, 0.25) is 0 Å². The number of halogens is 2. The quantitative estimate of drug-likeness (QED) is 0.438. The van der Waals surface area contributed by atoms with E-state index < -0.39 is 0 Å². The maximum Gasteiger partial charge on any atom is 0.100 e. The van der Waals surface area contributed by atoms with Crippen LogP contribution >= 0.6 is 23.2 Å². The number of para-hydroxylation sites is 1. The number of benzene rings is 3. The van der Waals surface area contributed by atoms with Crippen molar-refractivity contribution in [3.05, 3.63) is 88.4 Å². The second kappa shape index (κ2) is 6.31. The van der Waals surface area contributed by atoms with Gasteiger partial charge in [-0.3, -0.25) is 4.68 Å². The first-order valence-electron chi connectivity index (χ1n) is 7.67. The molecule has 0 fully saturated rings. The third-order valence-corrected chi connectivity index (χ3v) is 4.41. The van der Waals surface area contributed by atoms with Crippen LogP contribution in [0.2, 0.25) is 10.0 Å². The number of fused-ring (bicyclic) bond motifs is 1. The number of hydrogen-bond donors (Lipinski definition) is 0. The van der Waals surface area contributed by atoms with Crippen LogP contribution in [0.25, 0.3) is 22.2 Å². The van der Waals surface area contributed by atoms with Crippen LogP contribution in [0.5, 0.6) is 0 Å². The molecule has 24 heavy (non-hydrogen) atoms. The van der Waals surface area contributed by atoms with E-state index in [2.05, 4.69) is 24.3 Å². The Labute approximate surface area is 150 Å². The molecule has 118 valence electrons. The molecule has 0 unspecified atom stereocenters. The predicted octanol–water partition coefficient (Wildman–Crippen LogP) is 6.06. The summed E-state index contributed by atoms with van der Waals surface area (Å²) in [7, 11) is 0. The highest BCUT2D eigenvalue weighted by Crippen LogP contribution is 2.32. The van der Waals surface area contributed by atoms with Gasteiger partial charge in [-0.25, -0.2) is 0 Å². The molecular weight excluding hydrogens is 339 g/mol. The van der Waals surface area contributed by atoms with E-state index in [4.69, 9.17) is 28.3 Å². The van der Waals surface area contributed by atoms with Crippen LogP contribution in [-0.4, -0.2) is 9.78 Å². The summed E-state index contributed by atoms with van der Waals surface area (Å²) in [6.07, 6.45) is 0. The van der Waals surface area contributed by atoms with Gasteiger partial charge in [0.1, 0.15) is 5.69 Å². The van der Waals surface area contributed by atoms with Gasteiger partial charge in [0.25, 0.3) is 0 Å². The zero-order valence-electron chi connectivity index (χ0n) is 12.8. The lowest BCUT2D eigenvalue weighted by Crippen LogP contribution is -2.01. The van der Waals surface area contributed by atoms with E-state index in [9.17, 15) is 0 Å². The minimum atomic E-state index is 0.610. The lowest BCUT2D eigenvalue weighted by Gasteiger charge is -2.03. The highest BCUT2D eigenvalue weighted by molar-refractivity contribution is 6.35. The fourth-order valence-electron chi connectivity index (χ4n) is 2.91. The first-order valence-corrected chi connectivity index (χ1v) is 8.42. The highest BCUT2D eigenvalue weighted by Gasteiger charge is 2.13. The van der Waals surface area contributed by atoms with E-state index in [1.807, 2.05) is 47.1 Å². The van der Waals surface area contributed by atoms with E-state index in [-0.39, 0.29) is 0 Å². The van der Waals surface area contributed by atoms with Crippen molar-refractivity contribution < 1.29 is 0 Å². The summed E-state index contributed by atoms with van der Waals surface area (Å²) in [5.74, 6) is 0. The average molecular weight is 353 g/mol. The Morgan fingerprint density at radius 3 is 2.21 bits per heavy atom. The Morgan fingerprint density at radius 2 is 1.46 bits per heavy atom. The Kier molecular flexibility index (Phi) is 4.01. The van der Waals surface area contributed by atoms with Crippen molar-refractivity contribution in [2.75, 3.05) is 0 Å². The molecule has 2 nitrogen and oxygen atoms in total. The summed E-state index contributed by atoms with van der Waals surface area (Å²) in [6.45, 7) is 0.718. The van der Waals surface area contributed by atoms with Crippen LogP contribution in [0, 0.1) is 0 Å². The molecule has 1 aromatic heterocycles. The number of nitrogens with zero attached hydrogens (tertiary/aromatic N) is 2. The fourth-order valence-corrected chi connectivity index (χ4v) is 3.43. The number of aromatic nitrogens is 2. The maximum atomic E-state index is 6.17. The van der Waals surface area contributed by atoms with Crippen molar-refractivity contribution in [2.45, 2.75) is 6.54 Å². The smallest absolute Gasteiger partial charge is 0.100 e. The monoisotopic (exact) mass is 352 g/mol. The normalized spacial score (nSPS) is 11.1. The van der Waals surface area contributed by atoms with Crippen molar-refractivity contribution in [3.8, 4) is 11.3 Å². The third kappa shape index (κ3) is 2.91. The van der Waals surface area contributed by atoms with Crippen molar-refractivity contribution in [3.63, 3.8) is 0 Å². The van der Waals surface area contributed by atoms with Crippen LogP contribution in [-0.2, 0) is 6.54 Å². The zero-order valence-corrected chi connectivity index (χ0v) is 14.3. The number of rotatable bonds is 3. The first-order chi connectivity index (χ1) is 11.7. The topological polar surface area (TPSA) is 17.8 Å². The summed E-state index contributed by atoms with van der Waals surface area (Å²) >= 11 is 12.3. The molecule has 0 saturated heterocycles. The van der Waals surface area contributed by atoms with Crippen LogP contribution in [0.1, 0.15) is 5.56 Å². The Hall–Kier alpha value is -2.29. The van der Waals surface area contributed by atoms with Gasteiger partial charge in [-0.05, 0) is 29.8 Å². The summed E-state index contributed by atoms with van der Waals surface area (Å²) in [5.41, 5.74) is 4.12. The molecule has 0 atom stereocenters. The van der Waals surface area contributed by atoms with E-state index in [0.717, 1.165) is 28.7 Å². The maximum absolute atomic E-state index is 6.17. The average Bonchev–Trinajstić information content (AvgIpc) is 2.94. The number of hydrogen-bond acceptors (Lipinski definition) is 1. The lowest BCUT2D eigenvalue weighted by molar-refractivity contribution is 0.715. The molecule has 0 bridgehead atoms. The molecule has 4 aromatic rings. The molecule has 0 aliphatic rings. The minimum Gasteiger partial charge on any atom is -0.260 e. The summed E-state index contributed by atoms with van der Waals surface area (Å²) in [4.78, 5) is 0. The van der Waals surface area contributed by atoms with E-state index in [1.165, 1.54) is 5.56 Å². The molecule has 0 amide bonds. The van der Waals surface area contributed by atoms with E-state index in [0.29, 0.717) is 10.0 Å². The van der Waals surface area contributed by atoms with Gasteiger partial charge in [0.15, 0.2) is 0 Å². The van der Waals surface area contributed by atoms with Gasteiger partial charge in [-0.1, -0.05) is 71.7 Å². The fraction of sp³-hybridized carbons (Fsp3) is 0.0500. The highest BCUT2D eigenvalue weighted by atomic mass is 35.5. The van der Waals surface area contributed by atoms with Crippen LogP contribution in [0.4, 0.5) is 0 Å². The second-order valence-corrected chi connectivity index (χ2v) is 6.54. The van der Waals surface area contributed by atoms with Gasteiger partial charge in [0.05, 0.1) is 12.1 Å². The van der Waals surface area contributed by atoms with Crippen molar-refractivity contribution in [2.24, 2.45) is 0 Å². The molecule has 3 aromatic carbocycles. The van der Waals surface area contributed by atoms with Crippen LogP contribution < -0.4 is 0 Å². The van der Waals surface area contributed by atoms with Crippen LogP contribution in [0.15, 0.2) is 72.8 Å². The summed E-state index contributed by atoms with van der Waals surface area (Å²) in [5, 5.41) is 7.15. The molecular formula is C20H14Cl2N2. The SMILES string of the molecule is Clc1cc(Cl)cc(-c2nn(Cc3ccccc3)c3ccccc23)c1. The molecule has 1 heterocycles. The van der Waals surface area contributed by atoms with E-state index in [1.54, 1.807) is 6.07 Å². The minimum absolute atomic E-state index is 0.610. The summed E-state index contributed by atoms with van der Waals surface area (Å²) in [6, 6.07) is 24.0. The molecule has 4 heteroatoms. The molecule has 0 aliphatic heterocycles. The van der Waals surface area contributed by atoms with Gasteiger partial charge < -0.3 is 0 Å². The van der Waals surface area contributed by atoms with Gasteiger partial charge in [0, 0.05) is 21.0 Å². The van der Waals surface area contributed by atoms with Gasteiger partial charge >= 0.3 is 0 Å². The molecule has 0 radical (unpaired) electrons. The molecule has 0 spiro atoms. The molecule has 0 aliphatic carbocycles. The standard InChI is InChI=1S/C20H14Cl2N2/c21-16-10-15(11-17(22)12-16)20-18-8-4-5-9-19(18)24(23-20)13-14-6-2-1-3-7-14/h1-12H,13H2. The second-order valence-electron chi connectivity index (χ2n) is 5.67. The van der Waals surface area contributed by atoms with Gasteiger partial charge in [-0.15, -0.1) is 0 Å². The Morgan fingerprint density at radius 1 is 0.792 bits per heavy atom. The third-order valence-electron chi connectivity index (χ3n) is 3.97. The Balaban J connectivity index is 1.88. The summed E-state index contributed by atoms with van der Waals surface area (Å²) < 4.78 is 2.02. The van der Waals surface area contributed by atoms with Crippen LogP contribution in [0.3, 0.4) is 0 Å². The van der Waals surface area contributed by atoms with Crippen molar-refractivity contribution in [1.29, 1.82) is 0 Å². The predicted molar refractivity (Wildman–Crippen MR) is 101 cm³/mol. The van der Waals surface area contributed by atoms with E-state index >= 15 is 0 Å². The molecule has 4 rings (SSSR count). The largest absolute Gasteiger partial charge is 0.260 e. The molecule has 0 N–H and O–H groups in total. The Bertz CT molecular complexity index is 987. The lowest BCUT2D eigenvalue weighted by atomic mass is 10.1. The first kappa shape index (κ1) is 15.3. The molecule has 0 saturated carbocycles. The van der Waals surface area contributed by atoms with Gasteiger partial charge in [-0.2, -0.15) is 5.10 Å². The zero-order chi connectivity index (χ0) is 16.5. The van der Waals surface area contributed by atoms with Crippen molar-refractivity contribution in [1.82, 2.24) is 9.78 Å². The van der Waals surface area contributed by atoms with Crippen molar-refractivity contribution >= 4 is 34.1 Å².